The predicted octanol–water partition coefficient (Wildman–Crippen LogP) is 3.50. The summed E-state index contributed by atoms with van der Waals surface area (Å²) < 4.78 is 0. The van der Waals surface area contributed by atoms with Gasteiger partial charge >= 0.3 is 0 Å². The zero-order chi connectivity index (χ0) is 23.5. The molecule has 10 heteroatoms. The number of carbonyl (C=O) groups excluding carboxylic acids is 3. The third-order valence-electron chi connectivity index (χ3n) is 5.87. The van der Waals surface area contributed by atoms with Crippen LogP contribution in [0.15, 0.2) is 53.7 Å². The van der Waals surface area contributed by atoms with Gasteiger partial charge in [0.25, 0.3) is 17.1 Å². The maximum atomic E-state index is 12.9. The van der Waals surface area contributed by atoms with Gasteiger partial charge in [-0.05, 0) is 61.7 Å². The highest BCUT2D eigenvalue weighted by molar-refractivity contribution is 8.18. The average molecular weight is 475 g/mol. The van der Waals surface area contributed by atoms with E-state index in [-0.39, 0.29) is 23.2 Å². The highest BCUT2D eigenvalue weighted by Gasteiger charge is 2.26. The Morgan fingerprint density at radius 2 is 1.79 bits per heavy atom. The van der Waals surface area contributed by atoms with Gasteiger partial charge < -0.3 is 10.6 Å². The highest BCUT2D eigenvalue weighted by Crippen LogP contribution is 2.26. The number of nitrogens with zero attached hydrogens (tertiary/aromatic N) is 3. The first-order chi connectivity index (χ1) is 16.5. The van der Waals surface area contributed by atoms with Crippen LogP contribution >= 0.6 is 11.8 Å². The van der Waals surface area contributed by atoms with E-state index < -0.39 is 5.91 Å². The van der Waals surface area contributed by atoms with Crippen LogP contribution in [-0.2, 0) is 4.79 Å². The molecule has 0 radical (unpaired) electrons. The molecule has 5 rings (SSSR count). The first-order valence-corrected chi connectivity index (χ1v) is 11.9. The second-order valence-electron chi connectivity index (χ2n) is 8.20. The van der Waals surface area contributed by atoms with E-state index in [0.29, 0.717) is 27.6 Å². The van der Waals surface area contributed by atoms with E-state index in [2.05, 4.69) is 30.9 Å². The molecule has 1 aliphatic carbocycles. The molecule has 2 fully saturated rings. The molecule has 34 heavy (non-hydrogen) atoms. The Kier molecular flexibility index (Phi) is 6.22. The topological polar surface area (TPSA) is 126 Å². The van der Waals surface area contributed by atoms with Gasteiger partial charge in [-0.2, -0.15) is 0 Å². The number of amides is 3. The minimum atomic E-state index is -0.414. The molecule has 1 saturated heterocycles. The molecular weight excluding hydrogens is 452 g/mol. The van der Waals surface area contributed by atoms with Crippen molar-refractivity contribution in [3.63, 3.8) is 0 Å². The lowest BCUT2D eigenvalue weighted by Gasteiger charge is -2.29. The number of fused-ring (bicyclic) bond motifs is 1. The monoisotopic (exact) mass is 474 g/mol. The van der Waals surface area contributed by atoms with Gasteiger partial charge in [-0.15, -0.1) is 0 Å². The van der Waals surface area contributed by atoms with Gasteiger partial charge in [0.1, 0.15) is 0 Å². The van der Waals surface area contributed by atoms with Gasteiger partial charge in [0.2, 0.25) is 5.95 Å². The Hall–Kier alpha value is -3.79. The van der Waals surface area contributed by atoms with Gasteiger partial charge in [-0.3, -0.25) is 24.7 Å². The van der Waals surface area contributed by atoms with E-state index in [1.54, 1.807) is 30.6 Å². The SMILES string of the molecule is O=C1NC(=O)/C(=C/c2ccnc(N[C@H]3CC[C@H](NC(=O)c4cccc5cccnc45)CC3)n2)S1. The molecule has 172 valence electrons. The van der Waals surface area contributed by atoms with E-state index in [0.717, 1.165) is 42.8 Å². The zero-order valence-corrected chi connectivity index (χ0v) is 19.0. The lowest BCUT2D eigenvalue weighted by atomic mass is 9.91. The number of aromatic nitrogens is 3. The van der Waals surface area contributed by atoms with Crippen LogP contribution in [0.4, 0.5) is 10.7 Å². The number of carbonyl (C=O) groups is 3. The van der Waals surface area contributed by atoms with Gasteiger partial charge in [-0.25, -0.2) is 9.97 Å². The molecule has 1 saturated carbocycles. The van der Waals surface area contributed by atoms with Crippen LogP contribution < -0.4 is 16.0 Å². The molecule has 2 aromatic heterocycles. The predicted molar refractivity (Wildman–Crippen MR) is 130 cm³/mol. The maximum absolute atomic E-state index is 12.9. The molecule has 0 spiro atoms. The number of thioether (sulfide) groups is 1. The number of hydrogen-bond acceptors (Lipinski definition) is 8. The summed E-state index contributed by atoms with van der Waals surface area (Å²) in [6.45, 7) is 0. The van der Waals surface area contributed by atoms with Crippen molar-refractivity contribution >= 4 is 51.7 Å². The third-order valence-corrected chi connectivity index (χ3v) is 6.68. The van der Waals surface area contributed by atoms with Crippen LogP contribution in [0.25, 0.3) is 17.0 Å². The Balaban J connectivity index is 1.17. The van der Waals surface area contributed by atoms with E-state index in [1.165, 1.54) is 0 Å². The number of rotatable bonds is 5. The number of anilines is 1. The molecule has 3 aromatic rings. The number of para-hydroxylation sites is 1. The summed E-state index contributed by atoms with van der Waals surface area (Å²) in [6.07, 6.45) is 8.29. The third kappa shape index (κ3) is 4.91. The van der Waals surface area contributed by atoms with Crippen molar-refractivity contribution in [2.45, 2.75) is 37.8 Å². The number of pyridine rings is 1. The summed E-state index contributed by atoms with van der Waals surface area (Å²) in [5.41, 5.74) is 1.85. The van der Waals surface area contributed by atoms with Crippen LogP contribution in [0, 0.1) is 0 Å². The molecule has 3 heterocycles. The first kappa shape index (κ1) is 22.0. The Morgan fingerprint density at radius 3 is 2.59 bits per heavy atom. The molecule has 1 aromatic carbocycles. The molecule has 9 nitrogen and oxygen atoms in total. The van der Waals surface area contributed by atoms with Crippen LogP contribution in [-0.4, -0.2) is 44.1 Å². The van der Waals surface area contributed by atoms with Gasteiger partial charge in [-0.1, -0.05) is 18.2 Å². The summed E-state index contributed by atoms with van der Waals surface area (Å²) in [5, 5.41) is 9.29. The Bertz CT molecular complexity index is 1300. The second-order valence-corrected chi connectivity index (χ2v) is 9.22. The van der Waals surface area contributed by atoms with Crippen LogP contribution in [0.2, 0.25) is 0 Å². The lowest BCUT2D eigenvalue weighted by molar-refractivity contribution is -0.115. The summed E-state index contributed by atoms with van der Waals surface area (Å²) in [5.74, 6) is -0.0433. The fourth-order valence-corrected chi connectivity index (χ4v) is 4.86. The van der Waals surface area contributed by atoms with E-state index in [1.807, 2.05) is 24.3 Å². The van der Waals surface area contributed by atoms with E-state index >= 15 is 0 Å². The van der Waals surface area contributed by atoms with Gasteiger partial charge in [0, 0.05) is 29.9 Å². The van der Waals surface area contributed by atoms with Crippen molar-refractivity contribution < 1.29 is 14.4 Å². The summed E-state index contributed by atoms with van der Waals surface area (Å²) in [6, 6.07) is 11.4. The normalized spacial score (nSPS) is 21.5. The fraction of sp³-hybridized carbons (Fsp3) is 0.250. The van der Waals surface area contributed by atoms with Crippen molar-refractivity contribution in [3.8, 4) is 0 Å². The number of nitrogens with one attached hydrogen (secondary N) is 3. The molecular formula is C24H22N6O3S. The molecule has 1 aliphatic heterocycles. The maximum Gasteiger partial charge on any atom is 0.290 e. The van der Waals surface area contributed by atoms with Gasteiger partial charge in [0.05, 0.1) is 21.7 Å². The Morgan fingerprint density at radius 1 is 1.00 bits per heavy atom. The van der Waals surface area contributed by atoms with E-state index in [4.69, 9.17) is 0 Å². The van der Waals surface area contributed by atoms with Crippen LogP contribution in [0.1, 0.15) is 41.7 Å². The molecule has 2 aliphatic rings. The minimum absolute atomic E-state index is 0.0944. The number of imide groups is 1. The minimum Gasteiger partial charge on any atom is -0.351 e. The van der Waals surface area contributed by atoms with Crippen molar-refractivity contribution in [1.82, 2.24) is 25.6 Å². The van der Waals surface area contributed by atoms with Crippen molar-refractivity contribution in [2.24, 2.45) is 0 Å². The molecule has 3 N–H and O–H groups in total. The summed E-state index contributed by atoms with van der Waals surface area (Å²) >= 11 is 0.856. The smallest absolute Gasteiger partial charge is 0.290 e. The van der Waals surface area contributed by atoms with E-state index in [9.17, 15) is 14.4 Å². The highest BCUT2D eigenvalue weighted by atomic mass is 32.2. The summed E-state index contributed by atoms with van der Waals surface area (Å²) in [4.78, 5) is 49.4. The lowest BCUT2D eigenvalue weighted by Crippen LogP contribution is -2.40. The van der Waals surface area contributed by atoms with Crippen molar-refractivity contribution in [2.75, 3.05) is 5.32 Å². The molecule has 0 atom stereocenters. The van der Waals surface area contributed by atoms with Crippen LogP contribution in [0.5, 0.6) is 0 Å². The number of benzene rings is 1. The first-order valence-electron chi connectivity index (χ1n) is 11.0. The molecule has 0 bridgehead atoms. The molecule has 0 unspecified atom stereocenters. The van der Waals surface area contributed by atoms with Crippen LogP contribution in [0.3, 0.4) is 0 Å². The summed E-state index contributed by atoms with van der Waals surface area (Å²) in [7, 11) is 0. The number of hydrogen-bond donors (Lipinski definition) is 3. The second kappa shape index (κ2) is 9.60. The zero-order valence-electron chi connectivity index (χ0n) is 18.2. The standard InChI is InChI=1S/C24H22N6O3S/c31-21(18-5-1-3-14-4-2-11-25-20(14)18)27-15-6-8-16(9-7-15)28-23-26-12-10-17(29-23)13-19-22(32)30-24(33)34-19/h1-5,10-13,15-16H,6-9H2,(H,27,31)(H,26,28,29)(H,30,32,33)/b19-13-/t15-,16-. The Labute approximate surface area is 199 Å². The molecule has 3 amide bonds. The largest absolute Gasteiger partial charge is 0.351 e. The van der Waals surface area contributed by atoms with Crippen molar-refractivity contribution in [1.29, 1.82) is 0 Å². The van der Waals surface area contributed by atoms with Crippen molar-refractivity contribution in [3.05, 3.63) is 65.0 Å². The quantitative estimate of drug-likeness (QED) is 0.480. The average Bonchev–Trinajstić information content (AvgIpc) is 3.16. The van der Waals surface area contributed by atoms with Gasteiger partial charge in [0.15, 0.2) is 0 Å². The fourth-order valence-electron chi connectivity index (χ4n) is 4.19.